The number of benzene rings is 1. The molecule has 0 aliphatic carbocycles. The van der Waals surface area contributed by atoms with Gasteiger partial charge in [0.25, 0.3) is 5.91 Å². The first kappa shape index (κ1) is 13.8. The Labute approximate surface area is 115 Å². The quantitative estimate of drug-likeness (QED) is 0.884. The Morgan fingerprint density at radius 2 is 2.21 bits per heavy atom. The van der Waals surface area contributed by atoms with Crippen LogP contribution in [0.25, 0.3) is 0 Å². The van der Waals surface area contributed by atoms with Gasteiger partial charge in [0, 0.05) is 23.6 Å². The fourth-order valence-corrected chi connectivity index (χ4v) is 2.09. The van der Waals surface area contributed by atoms with E-state index in [1.165, 1.54) is 6.07 Å². The van der Waals surface area contributed by atoms with Crippen LogP contribution in [0.3, 0.4) is 0 Å². The molecule has 0 spiro atoms. The minimum Gasteiger partial charge on any atom is -0.479 e. The second-order valence-electron chi connectivity index (χ2n) is 4.61. The molecular formula is C13H14ClNO4. The van der Waals surface area contributed by atoms with Gasteiger partial charge in [0.15, 0.2) is 5.54 Å². The molecule has 19 heavy (non-hydrogen) atoms. The van der Waals surface area contributed by atoms with Crippen molar-refractivity contribution in [1.29, 1.82) is 0 Å². The summed E-state index contributed by atoms with van der Waals surface area (Å²) < 4.78 is 5.08. The Hall–Kier alpha value is -1.59. The normalized spacial score (nSPS) is 22.2. The van der Waals surface area contributed by atoms with Crippen LogP contribution in [0, 0.1) is 6.92 Å². The van der Waals surface area contributed by atoms with Crippen molar-refractivity contribution in [3.63, 3.8) is 0 Å². The maximum absolute atomic E-state index is 12.1. The molecule has 5 nitrogen and oxygen atoms in total. The molecule has 1 aliphatic heterocycles. The topological polar surface area (TPSA) is 75.6 Å². The highest BCUT2D eigenvalue weighted by Crippen LogP contribution is 2.21. The van der Waals surface area contributed by atoms with Gasteiger partial charge in [-0.25, -0.2) is 4.79 Å². The minimum absolute atomic E-state index is 0.0202. The van der Waals surface area contributed by atoms with Crippen LogP contribution in [0.4, 0.5) is 0 Å². The van der Waals surface area contributed by atoms with Gasteiger partial charge in [0.05, 0.1) is 6.61 Å². The lowest BCUT2D eigenvalue weighted by atomic mass is 9.98. The molecule has 102 valence electrons. The van der Waals surface area contributed by atoms with Gasteiger partial charge in [-0.05, 0) is 24.6 Å². The predicted octanol–water partition coefficient (Wildman–Crippen LogP) is 1.62. The van der Waals surface area contributed by atoms with E-state index in [1.54, 1.807) is 12.1 Å². The lowest BCUT2D eigenvalue weighted by molar-refractivity contribution is -0.144. The first-order chi connectivity index (χ1) is 8.94. The van der Waals surface area contributed by atoms with E-state index in [0.717, 1.165) is 5.56 Å². The van der Waals surface area contributed by atoms with Crippen LogP contribution in [-0.2, 0) is 9.53 Å². The monoisotopic (exact) mass is 283 g/mol. The van der Waals surface area contributed by atoms with Gasteiger partial charge in [0.2, 0.25) is 0 Å². The van der Waals surface area contributed by atoms with Crippen LogP contribution in [0.5, 0.6) is 0 Å². The summed E-state index contributed by atoms with van der Waals surface area (Å²) in [5, 5.41) is 12.2. The van der Waals surface area contributed by atoms with E-state index in [4.69, 9.17) is 16.3 Å². The zero-order valence-corrected chi connectivity index (χ0v) is 11.2. The first-order valence-corrected chi connectivity index (χ1v) is 6.22. The summed E-state index contributed by atoms with van der Waals surface area (Å²) >= 11 is 5.95. The van der Waals surface area contributed by atoms with E-state index in [0.29, 0.717) is 17.2 Å². The third-order valence-electron chi connectivity index (χ3n) is 3.22. The van der Waals surface area contributed by atoms with Crippen LogP contribution >= 0.6 is 11.6 Å². The molecule has 1 aromatic rings. The molecule has 1 unspecified atom stereocenters. The van der Waals surface area contributed by atoms with Crippen molar-refractivity contribution in [1.82, 2.24) is 5.32 Å². The number of carbonyl (C=O) groups is 2. The van der Waals surface area contributed by atoms with Crippen molar-refractivity contribution in [3.8, 4) is 0 Å². The van der Waals surface area contributed by atoms with E-state index in [-0.39, 0.29) is 13.0 Å². The lowest BCUT2D eigenvalue weighted by Crippen LogP contribution is -2.55. The average Bonchev–Trinajstić information content (AvgIpc) is 2.82. The predicted molar refractivity (Wildman–Crippen MR) is 69.5 cm³/mol. The number of hydrogen-bond donors (Lipinski definition) is 2. The number of aryl methyl sites for hydroxylation is 1. The number of carboxylic acid groups (broad SMARTS) is 1. The molecular weight excluding hydrogens is 270 g/mol. The van der Waals surface area contributed by atoms with Crippen LogP contribution in [0.1, 0.15) is 22.3 Å². The average molecular weight is 284 g/mol. The molecule has 1 aromatic carbocycles. The molecule has 1 saturated heterocycles. The molecule has 2 N–H and O–H groups in total. The maximum Gasteiger partial charge on any atom is 0.331 e. The Balaban J connectivity index is 2.20. The standard InChI is InChI=1S/C13H14ClNO4/c1-8-2-3-9(6-10(8)14)11(16)15-13(12(17)18)4-5-19-7-13/h2-3,6H,4-5,7H2,1H3,(H,15,16)(H,17,18). The molecule has 1 atom stereocenters. The van der Waals surface area contributed by atoms with Crippen LogP contribution in [0.2, 0.25) is 5.02 Å². The highest BCUT2D eigenvalue weighted by Gasteiger charge is 2.44. The van der Waals surface area contributed by atoms with Crippen molar-refractivity contribution in [2.75, 3.05) is 13.2 Å². The van der Waals surface area contributed by atoms with Gasteiger partial charge < -0.3 is 15.2 Å². The SMILES string of the molecule is Cc1ccc(C(=O)NC2(C(=O)O)CCOC2)cc1Cl. The number of carboxylic acids is 1. The van der Waals surface area contributed by atoms with Crippen LogP contribution in [0.15, 0.2) is 18.2 Å². The molecule has 6 heteroatoms. The van der Waals surface area contributed by atoms with Crippen molar-refractivity contribution < 1.29 is 19.4 Å². The number of amides is 1. The largest absolute Gasteiger partial charge is 0.479 e. The smallest absolute Gasteiger partial charge is 0.331 e. The summed E-state index contributed by atoms with van der Waals surface area (Å²) in [7, 11) is 0. The van der Waals surface area contributed by atoms with E-state index in [1.807, 2.05) is 6.92 Å². The summed E-state index contributed by atoms with van der Waals surface area (Å²) in [6.45, 7) is 2.13. The summed E-state index contributed by atoms with van der Waals surface area (Å²) in [4.78, 5) is 23.4. The van der Waals surface area contributed by atoms with Crippen molar-refractivity contribution in [3.05, 3.63) is 34.3 Å². The molecule has 1 fully saturated rings. The number of rotatable bonds is 3. The third kappa shape index (κ3) is 2.72. The number of carbonyl (C=O) groups excluding carboxylic acids is 1. The van der Waals surface area contributed by atoms with Crippen molar-refractivity contribution in [2.24, 2.45) is 0 Å². The van der Waals surface area contributed by atoms with E-state index in [9.17, 15) is 14.7 Å². The Kier molecular flexibility index (Phi) is 3.78. The van der Waals surface area contributed by atoms with Gasteiger partial charge >= 0.3 is 5.97 Å². The summed E-state index contributed by atoms with van der Waals surface area (Å²) in [6.07, 6.45) is 0.258. The maximum atomic E-state index is 12.1. The molecule has 1 heterocycles. The molecule has 0 radical (unpaired) electrons. The first-order valence-electron chi connectivity index (χ1n) is 5.84. The summed E-state index contributed by atoms with van der Waals surface area (Å²) in [6, 6.07) is 4.86. The van der Waals surface area contributed by atoms with Crippen LogP contribution < -0.4 is 5.32 Å². The number of halogens is 1. The lowest BCUT2D eigenvalue weighted by Gasteiger charge is -2.23. The minimum atomic E-state index is -1.34. The highest BCUT2D eigenvalue weighted by molar-refractivity contribution is 6.31. The van der Waals surface area contributed by atoms with Crippen LogP contribution in [-0.4, -0.2) is 35.7 Å². The Morgan fingerprint density at radius 3 is 2.74 bits per heavy atom. The fourth-order valence-electron chi connectivity index (χ4n) is 1.91. The second-order valence-corrected chi connectivity index (χ2v) is 5.02. The Morgan fingerprint density at radius 1 is 1.47 bits per heavy atom. The fraction of sp³-hybridized carbons (Fsp3) is 0.385. The summed E-state index contributed by atoms with van der Waals surface area (Å²) in [5.41, 5.74) is -0.146. The van der Waals surface area contributed by atoms with Gasteiger partial charge in [-0.1, -0.05) is 17.7 Å². The number of nitrogens with one attached hydrogen (secondary N) is 1. The van der Waals surface area contributed by atoms with E-state index >= 15 is 0 Å². The Bertz CT molecular complexity index is 523. The molecule has 2 rings (SSSR count). The van der Waals surface area contributed by atoms with Gasteiger partial charge in [0.1, 0.15) is 0 Å². The molecule has 0 aromatic heterocycles. The molecule has 1 aliphatic rings. The molecule has 0 saturated carbocycles. The van der Waals surface area contributed by atoms with Crippen molar-refractivity contribution >= 4 is 23.5 Å². The van der Waals surface area contributed by atoms with Gasteiger partial charge in [-0.15, -0.1) is 0 Å². The van der Waals surface area contributed by atoms with E-state index < -0.39 is 17.4 Å². The molecule has 0 bridgehead atoms. The zero-order chi connectivity index (χ0) is 14.0. The third-order valence-corrected chi connectivity index (χ3v) is 3.63. The number of ether oxygens (including phenoxy) is 1. The zero-order valence-electron chi connectivity index (χ0n) is 10.4. The van der Waals surface area contributed by atoms with Gasteiger partial charge in [-0.2, -0.15) is 0 Å². The van der Waals surface area contributed by atoms with Gasteiger partial charge in [-0.3, -0.25) is 4.79 Å². The number of aliphatic carboxylic acids is 1. The number of hydrogen-bond acceptors (Lipinski definition) is 3. The second kappa shape index (κ2) is 5.19. The summed E-state index contributed by atoms with van der Waals surface area (Å²) in [5.74, 6) is -1.55. The van der Waals surface area contributed by atoms with E-state index in [2.05, 4.69) is 5.32 Å². The molecule has 1 amide bonds. The highest BCUT2D eigenvalue weighted by atomic mass is 35.5. The van der Waals surface area contributed by atoms with Crippen molar-refractivity contribution in [2.45, 2.75) is 18.9 Å².